The van der Waals surface area contributed by atoms with E-state index < -0.39 is 11.5 Å². The molecule has 3 N–H and O–H groups in total. The summed E-state index contributed by atoms with van der Waals surface area (Å²) >= 11 is 1.90. The molecule has 0 aromatic rings. The minimum atomic E-state index is -1.01. The zero-order valence-corrected chi connectivity index (χ0v) is 10.5. The number of hydrogen-bond acceptors (Lipinski definition) is 3. The standard InChI is InChI=1S/C11H18N2O3S/c14-9(15)11(3-1-4-11)13-10(16)12-6-8-2-5-17-7-8/h8H,1-7H2,(H,14,15)(H2,12,13,16). The van der Waals surface area contributed by atoms with Crippen molar-refractivity contribution in [2.75, 3.05) is 18.1 Å². The first-order valence-corrected chi connectivity index (χ1v) is 7.15. The fraction of sp³-hybridized carbons (Fsp3) is 0.818. The predicted octanol–water partition coefficient (Wildman–Crippen LogP) is 1.05. The van der Waals surface area contributed by atoms with E-state index in [1.54, 1.807) is 0 Å². The van der Waals surface area contributed by atoms with E-state index in [0.29, 0.717) is 25.3 Å². The van der Waals surface area contributed by atoms with Crippen LogP contribution in [-0.2, 0) is 4.79 Å². The maximum Gasteiger partial charge on any atom is 0.329 e. The first kappa shape index (κ1) is 12.5. The SMILES string of the molecule is O=C(NCC1CCSC1)NC1(C(=O)O)CCC1. The molecule has 1 atom stereocenters. The molecule has 5 nitrogen and oxygen atoms in total. The van der Waals surface area contributed by atoms with Crippen molar-refractivity contribution in [3.63, 3.8) is 0 Å². The van der Waals surface area contributed by atoms with E-state index in [1.807, 2.05) is 11.8 Å². The minimum absolute atomic E-state index is 0.344. The topological polar surface area (TPSA) is 78.4 Å². The summed E-state index contributed by atoms with van der Waals surface area (Å²) < 4.78 is 0. The van der Waals surface area contributed by atoms with Crippen LogP contribution in [0.3, 0.4) is 0 Å². The maximum atomic E-state index is 11.6. The quantitative estimate of drug-likeness (QED) is 0.704. The summed E-state index contributed by atoms with van der Waals surface area (Å²) in [5, 5.41) is 14.4. The van der Waals surface area contributed by atoms with Crippen molar-refractivity contribution in [2.45, 2.75) is 31.2 Å². The highest BCUT2D eigenvalue weighted by atomic mass is 32.2. The van der Waals surface area contributed by atoms with Crippen molar-refractivity contribution in [1.82, 2.24) is 10.6 Å². The average molecular weight is 258 g/mol. The molecule has 96 valence electrons. The Bertz CT molecular complexity index is 312. The number of hydrogen-bond donors (Lipinski definition) is 3. The van der Waals surface area contributed by atoms with Crippen molar-refractivity contribution in [1.29, 1.82) is 0 Å². The molecular formula is C11H18N2O3S. The number of amides is 2. The van der Waals surface area contributed by atoms with Crippen molar-refractivity contribution < 1.29 is 14.7 Å². The van der Waals surface area contributed by atoms with Crippen LogP contribution >= 0.6 is 11.8 Å². The molecule has 0 aromatic heterocycles. The van der Waals surface area contributed by atoms with Crippen LogP contribution in [0.2, 0.25) is 0 Å². The van der Waals surface area contributed by atoms with Gasteiger partial charge < -0.3 is 15.7 Å². The highest BCUT2D eigenvalue weighted by molar-refractivity contribution is 7.99. The van der Waals surface area contributed by atoms with E-state index in [2.05, 4.69) is 10.6 Å². The van der Waals surface area contributed by atoms with Crippen LogP contribution < -0.4 is 10.6 Å². The molecule has 2 amide bonds. The third-order valence-corrected chi connectivity index (χ3v) is 4.78. The molecule has 2 fully saturated rings. The zero-order chi connectivity index (χ0) is 12.3. The van der Waals surface area contributed by atoms with Gasteiger partial charge in [-0.3, -0.25) is 0 Å². The number of carboxylic acid groups (broad SMARTS) is 1. The van der Waals surface area contributed by atoms with Crippen molar-refractivity contribution >= 4 is 23.8 Å². The van der Waals surface area contributed by atoms with E-state index >= 15 is 0 Å². The largest absolute Gasteiger partial charge is 0.480 e. The van der Waals surface area contributed by atoms with Gasteiger partial charge in [0.05, 0.1) is 0 Å². The lowest BCUT2D eigenvalue weighted by Crippen LogP contribution is -2.61. The van der Waals surface area contributed by atoms with E-state index in [-0.39, 0.29) is 6.03 Å². The number of carboxylic acids is 1. The maximum absolute atomic E-state index is 11.6. The van der Waals surface area contributed by atoms with Crippen LogP contribution in [0, 0.1) is 5.92 Å². The molecule has 2 aliphatic rings. The Balaban J connectivity index is 1.74. The first-order valence-electron chi connectivity index (χ1n) is 5.99. The van der Waals surface area contributed by atoms with Gasteiger partial charge in [0.2, 0.25) is 0 Å². The van der Waals surface area contributed by atoms with Gasteiger partial charge in [0.1, 0.15) is 5.54 Å². The number of rotatable bonds is 4. The molecular weight excluding hydrogens is 240 g/mol. The molecule has 1 saturated carbocycles. The summed E-state index contributed by atoms with van der Waals surface area (Å²) in [6, 6.07) is -0.344. The summed E-state index contributed by atoms with van der Waals surface area (Å²) in [7, 11) is 0. The van der Waals surface area contributed by atoms with Gasteiger partial charge in [0.15, 0.2) is 0 Å². The molecule has 17 heavy (non-hydrogen) atoms. The Hall–Kier alpha value is -0.910. The number of carbonyl (C=O) groups is 2. The van der Waals surface area contributed by atoms with Crippen molar-refractivity contribution in [3.05, 3.63) is 0 Å². The molecule has 6 heteroatoms. The number of thioether (sulfide) groups is 1. The zero-order valence-electron chi connectivity index (χ0n) is 9.70. The molecule has 2 rings (SSSR count). The third kappa shape index (κ3) is 2.86. The van der Waals surface area contributed by atoms with Crippen LogP contribution in [0.4, 0.5) is 4.79 Å². The van der Waals surface area contributed by atoms with Gasteiger partial charge in [-0.15, -0.1) is 0 Å². The minimum Gasteiger partial charge on any atom is -0.480 e. The average Bonchev–Trinajstić information content (AvgIpc) is 2.72. The molecule has 1 heterocycles. The summed E-state index contributed by atoms with van der Waals surface area (Å²) in [6.45, 7) is 0.647. The highest BCUT2D eigenvalue weighted by Crippen LogP contribution is 2.31. The van der Waals surface area contributed by atoms with E-state index in [1.165, 1.54) is 0 Å². The van der Waals surface area contributed by atoms with Crippen LogP contribution in [0.1, 0.15) is 25.7 Å². The number of carbonyl (C=O) groups excluding carboxylic acids is 1. The molecule has 1 aliphatic carbocycles. The van der Waals surface area contributed by atoms with Gasteiger partial charge in [-0.25, -0.2) is 9.59 Å². The molecule has 0 aromatic carbocycles. The molecule has 0 radical (unpaired) electrons. The summed E-state index contributed by atoms with van der Waals surface area (Å²) in [6.07, 6.45) is 3.07. The van der Waals surface area contributed by atoms with Gasteiger partial charge in [-0.2, -0.15) is 11.8 Å². The normalized spacial score (nSPS) is 26.0. The molecule has 1 aliphatic heterocycles. The molecule has 0 bridgehead atoms. The second-order valence-electron chi connectivity index (χ2n) is 4.81. The summed E-state index contributed by atoms with van der Waals surface area (Å²) in [4.78, 5) is 22.7. The van der Waals surface area contributed by atoms with Crippen LogP contribution in [0.15, 0.2) is 0 Å². The van der Waals surface area contributed by atoms with Gasteiger partial charge in [-0.1, -0.05) is 0 Å². The predicted molar refractivity (Wildman–Crippen MR) is 66.2 cm³/mol. The molecule has 0 spiro atoms. The lowest BCUT2D eigenvalue weighted by atomic mass is 9.77. The van der Waals surface area contributed by atoms with Crippen LogP contribution in [0.25, 0.3) is 0 Å². The Kier molecular flexibility index (Phi) is 3.81. The van der Waals surface area contributed by atoms with E-state index in [4.69, 9.17) is 5.11 Å². The highest BCUT2D eigenvalue weighted by Gasteiger charge is 2.45. The fourth-order valence-corrected chi connectivity index (χ4v) is 3.45. The number of urea groups is 1. The number of nitrogens with one attached hydrogen (secondary N) is 2. The third-order valence-electron chi connectivity index (χ3n) is 3.54. The molecule has 1 saturated heterocycles. The Morgan fingerprint density at radius 1 is 1.41 bits per heavy atom. The summed E-state index contributed by atoms with van der Waals surface area (Å²) in [5.74, 6) is 1.86. The lowest BCUT2D eigenvalue weighted by Gasteiger charge is -2.38. The van der Waals surface area contributed by atoms with Gasteiger partial charge >= 0.3 is 12.0 Å². The lowest BCUT2D eigenvalue weighted by molar-refractivity contribution is -0.148. The second kappa shape index (κ2) is 5.16. The van der Waals surface area contributed by atoms with Crippen molar-refractivity contribution in [3.8, 4) is 0 Å². The van der Waals surface area contributed by atoms with Gasteiger partial charge in [0.25, 0.3) is 0 Å². The van der Waals surface area contributed by atoms with Crippen LogP contribution in [0.5, 0.6) is 0 Å². The monoisotopic (exact) mass is 258 g/mol. The Labute approximate surface area is 105 Å². The van der Waals surface area contributed by atoms with Gasteiger partial charge in [-0.05, 0) is 43.1 Å². The fourth-order valence-electron chi connectivity index (χ4n) is 2.17. The molecule has 1 unspecified atom stereocenters. The van der Waals surface area contributed by atoms with Gasteiger partial charge in [0, 0.05) is 6.54 Å². The smallest absolute Gasteiger partial charge is 0.329 e. The number of aliphatic carboxylic acids is 1. The van der Waals surface area contributed by atoms with Crippen LogP contribution in [-0.4, -0.2) is 40.7 Å². The van der Waals surface area contributed by atoms with E-state index in [9.17, 15) is 9.59 Å². The first-order chi connectivity index (χ1) is 8.12. The Morgan fingerprint density at radius 2 is 2.18 bits per heavy atom. The van der Waals surface area contributed by atoms with Crippen molar-refractivity contribution in [2.24, 2.45) is 5.92 Å². The summed E-state index contributed by atoms with van der Waals surface area (Å²) in [5.41, 5.74) is -1.01. The Morgan fingerprint density at radius 3 is 2.65 bits per heavy atom. The van der Waals surface area contributed by atoms with E-state index in [0.717, 1.165) is 24.3 Å². The second-order valence-corrected chi connectivity index (χ2v) is 5.96.